The minimum atomic E-state index is -0.874. The lowest BCUT2D eigenvalue weighted by Crippen LogP contribution is -2.25. The average Bonchev–Trinajstić information content (AvgIpc) is 3.32. The van der Waals surface area contributed by atoms with Gasteiger partial charge in [-0.2, -0.15) is 9.78 Å². The van der Waals surface area contributed by atoms with Crippen molar-refractivity contribution in [3.05, 3.63) is 92.7 Å². The molecule has 0 aliphatic heterocycles. The van der Waals surface area contributed by atoms with Gasteiger partial charge in [-0.1, -0.05) is 35.3 Å². The molecule has 0 saturated heterocycles. The molecule has 186 valence electrons. The number of esters is 1. The van der Waals surface area contributed by atoms with Crippen LogP contribution in [0.4, 0.5) is 0 Å². The first-order valence-electron chi connectivity index (χ1n) is 11.1. The third-order valence-electron chi connectivity index (χ3n) is 5.57. The number of nitrogens with zero attached hydrogens (tertiary/aromatic N) is 3. The van der Waals surface area contributed by atoms with Crippen molar-refractivity contribution in [2.24, 2.45) is 5.10 Å². The summed E-state index contributed by atoms with van der Waals surface area (Å²) < 4.78 is 17.6. The fraction of sp³-hybridized carbons (Fsp3) is 0.111. The maximum absolute atomic E-state index is 13.5. The zero-order valence-corrected chi connectivity index (χ0v) is 21.2. The first kappa shape index (κ1) is 24.5. The number of fused-ring (bicyclic) bond motifs is 2. The van der Waals surface area contributed by atoms with Crippen molar-refractivity contribution in [2.45, 2.75) is 13.0 Å². The normalized spacial score (nSPS) is 12.3. The lowest BCUT2D eigenvalue weighted by Gasteiger charge is -2.14. The molecule has 37 heavy (non-hydrogen) atoms. The Bertz CT molecular complexity index is 1740. The van der Waals surface area contributed by atoms with E-state index in [9.17, 15) is 9.59 Å². The van der Waals surface area contributed by atoms with Crippen LogP contribution in [0.2, 0.25) is 10.0 Å². The highest BCUT2D eigenvalue weighted by atomic mass is 35.5. The zero-order valence-electron chi connectivity index (χ0n) is 19.6. The number of carbonyl (C=O) groups excluding carboxylic acids is 1. The number of hydrogen-bond acceptors (Lipinski definition) is 7. The van der Waals surface area contributed by atoms with E-state index in [4.69, 9.17) is 37.1 Å². The Balaban J connectivity index is 1.66. The summed E-state index contributed by atoms with van der Waals surface area (Å²) in [4.78, 5) is 30.0. The summed E-state index contributed by atoms with van der Waals surface area (Å²) in [6.45, 7) is 1.56. The summed E-state index contributed by atoms with van der Waals surface area (Å²) in [5, 5.41) is 6.54. The number of para-hydroxylation sites is 1. The van der Waals surface area contributed by atoms with Gasteiger partial charge >= 0.3 is 5.97 Å². The van der Waals surface area contributed by atoms with Crippen LogP contribution >= 0.6 is 23.2 Å². The molecule has 0 bridgehead atoms. The van der Waals surface area contributed by atoms with Gasteiger partial charge in [-0.3, -0.25) is 4.79 Å². The Morgan fingerprint density at radius 2 is 1.84 bits per heavy atom. The van der Waals surface area contributed by atoms with Crippen molar-refractivity contribution in [3.63, 3.8) is 0 Å². The molecule has 0 N–H and O–H groups in total. The van der Waals surface area contributed by atoms with Crippen LogP contribution in [-0.2, 0) is 9.53 Å². The molecule has 0 aliphatic rings. The van der Waals surface area contributed by atoms with Crippen molar-refractivity contribution >= 4 is 57.3 Å². The molecule has 2 heterocycles. The molecule has 0 saturated carbocycles. The molecule has 0 spiro atoms. The lowest BCUT2D eigenvalue weighted by molar-refractivity contribution is -0.147. The van der Waals surface area contributed by atoms with Crippen molar-refractivity contribution in [1.82, 2.24) is 9.66 Å². The second-order valence-corrected chi connectivity index (χ2v) is 8.95. The maximum Gasteiger partial charge on any atom is 0.346 e. The van der Waals surface area contributed by atoms with Crippen LogP contribution in [0.25, 0.3) is 33.5 Å². The van der Waals surface area contributed by atoms with Gasteiger partial charge in [0.1, 0.15) is 11.3 Å². The van der Waals surface area contributed by atoms with E-state index >= 15 is 0 Å². The third-order valence-corrected chi connectivity index (χ3v) is 6.04. The van der Waals surface area contributed by atoms with Crippen LogP contribution < -0.4 is 10.3 Å². The minimum Gasteiger partial charge on any atom is -0.478 e. The van der Waals surface area contributed by atoms with Crippen LogP contribution in [0.1, 0.15) is 12.5 Å². The standard InChI is InChI=1S/C27H19Cl2N3O5/c1-15(27(34)35-2)36-23-10-8-19(29)12-17(23)14-30-32-25(31-21-6-4-3-5-20(21)26(32)33)24-13-16-11-18(28)7-9-22(16)37-24/h3-15H,1-2H3/t15-/m1/s1. The zero-order chi connectivity index (χ0) is 26.1. The molecule has 8 nitrogen and oxygen atoms in total. The van der Waals surface area contributed by atoms with E-state index in [2.05, 4.69) is 10.1 Å². The molecule has 1 atom stereocenters. The van der Waals surface area contributed by atoms with Gasteiger partial charge in [-0.25, -0.2) is 9.78 Å². The lowest BCUT2D eigenvalue weighted by atomic mass is 10.2. The Kier molecular flexibility index (Phi) is 6.69. The van der Waals surface area contributed by atoms with E-state index in [0.29, 0.717) is 43.6 Å². The minimum absolute atomic E-state index is 0.194. The predicted octanol–water partition coefficient (Wildman–Crippen LogP) is 5.94. The number of aromatic nitrogens is 2. The summed E-state index contributed by atoms with van der Waals surface area (Å²) in [5.74, 6) is 0.312. The topological polar surface area (TPSA) is 95.9 Å². The van der Waals surface area contributed by atoms with Gasteiger partial charge in [-0.15, -0.1) is 0 Å². The monoisotopic (exact) mass is 535 g/mol. The Morgan fingerprint density at radius 3 is 2.65 bits per heavy atom. The second kappa shape index (κ2) is 10.1. The molecule has 0 aliphatic carbocycles. The van der Waals surface area contributed by atoms with E-state index < -0.39 is 17.6 Å². The largest absolute Gasteiger partial charge is 0.478 e. The van der Waals surface area contributed by atoms with Crippen molar-refractivity contribution in [2.75, 3.05) is 7.11 Å². The van der Waals surface area contributed by atoms with Crippen LogP contribution in [0, 0.1) is 0 Å². The molecule has 3 aromatic carbocycles. The summed E-state index contributed by atoms with van der Waals surface area (Å²) in [6, 6.07) is 18.7. The number of benzene rings is 3. The fourth-order valence-corrected chi connectivity index (χ4v) is 4.13. The number of halogens is 2. The van der Waals surface area contributed by atoms with E-state index in [0.717, 1.165) is 10.1 Å². The van der Waals surface area contributed by atoms with E-state index in [1.165, 1.54) is 13.3 Å². The SMILES string of the molecule is COC(=O)[C@@H](C)Oc1ccc(Cl)cc1C=Nn1c(-c2cc3cc(Cl)ccc3o2)nc2ccccc2c1=O. The second-order valence-electron chi connectivity index (χ2n) is 8.07. The molecular formula is C27H19Cl2N3O5. The van der Waals surface area contributed by atoms with E-state index in [1.807, 2.05) is 0 Å². The van der Waals surface area contributed by atoms with Gasteiger partial charge in [0.25, 0.3) is 5.56 Å². The van der Waals surface area contributed by atoms with Crippen LogP contribution in [0.3, 0.4) is 0 Å². The van der Waals surface area contributed by atoms with Gasteiger partial charge in [0.05, 0.1) is 24.2 Å². The quantitative estimate of drug-likeness (QED) is 0.197. The molecule has 0 radical (unpaired) electrons. The highest BCUT2D eigenvalue weighted by molar-refractivity contribution is 6.31. The molecule has 5 rings (SSSR count). The Hall–Kier alpha value is -4.14. The van der Waals surface area contributed by atoms with E-state index in [1.54, 1.807) is 73.7 Å². The van der Waals surface area contributed by atoms with Crippen LogP contribution in [0.5, 0.6) is 5.75 Å². The number of furan rings is 1. The molecule has 2 aromatic heterocycles. The molecular weight excluding hydrogens is 517 g/mol. The maximum atomic E-state index is 13.5. The van der Waals surface area contributed by atoms with Gasteiger partial charge < -0.3 is 13.9 Å². The van der Waals surface area contributed by atoms with Crippen molar-refractivity contribution in [1.29, 1.82) is 0 Å². The number of carbonyl (C=O) groups is 1. The summed E-state index contributed by atoms with van der Waals surface area (Å²) in [7, 11) is 1.28. The molecule has 10 heteroatoms. The van der Waals surface area contributed by atoms with Crippen LogP contribution in [-0.4, -0.2) is 35.1 Å². The van der Waals surface area contributed by atoms with Gasteiger partial charge in [0, 0.05) is 21.0 Å². The van der Waals surface area contributed by atoms with Crippen molar-refractivity contribution in [3.8, 4) is 17.3 Å². The number of rotatable bonds is 6. The Labute approximate surface area is 220 Å². The highest BCUT2D eigenvalue weighted by Gasteiger charge is 2.18. The summed E-state index contributed by atoms with van der Waals surface area (Å²) in [6.07, 6.45) is 0.535. The smallest absolute Gasteiger partial charge is 0.346 e. The number of hydrogen-bond donors (Lipinski definition) is 0. The first-order chi connectivity index (χ1) is 17.8. The molecule has 0 amide bonds. The van der Waals surface area contributed by atoms with Gasteiger partial charge in [0.15, 0.2) is 11.9 Å². The first-order valence-corrected chi connectivity index (χ1v) is 11.9. The van der Waals surface area contributed by atoms with Gasteiger partial charge in [0.2, 0.25) is 5.82 Å². The summed E-state index contributed by atoms with van der Waals surface area (Å²) >= 11 is 12.3. The number of ether oxygens (including phenoxy) is 2. The molecule has 0 fully saturated rings. The molecule has 0 unspecified atom stereocenters. The third kappa shape index (κ3) is 4.94. The van der Waals surface area contributed by atoms with E-state index in [-0.39, 0.29) is 5.82 Å². The van der Waals surface area contributed by atoms with Gasteiger partial charge in [-0.05, 0) is 61.5 Å². The predicted molar refractivity (Wildman–Crippen MR) is 143 cm³/mol. The molecule has 5 aromatic rings. The fourth-order valence-electron chi connectivity index (χ4n) is 3.77. The highest BCUT2D eigenvalue weighted by Crippen LogP contribution is 2.29. The number of methoxy groups -OCH3 is 1. The van der Waals surface area contributed by atoms with Crippen LogP contribution in [0.15, 0.2) is 81.0 Å². The van der Waals surface area contributed by atoms with Crippen molar-refractivity contribution < 1.29 is 18.7 Å². The summed E-state index contributed by atoms with van der Waals surface area (Å²) in [5.41, 5.74) is 1.11. The average molecular weight is 536 g/mol. The Morgan fingerprint density at radius 1 is 1.08 bits per heavy atom.